The first-order valence-corrected chi connectivity index (χ1v) is 10.9. The van der Waals surface area contributed by atoms with Crippen LogP contribution in [0.1, 0.15) is 16.8 Å². The van der Waals surface area contributed by atoms with E-state index in [1.54, 1.807) is 48.5 Å². The van der Waals surface area contributed by atoms with Crippen LogP contribution in [0.15, 0.2) is 48.5 Å². The molecule has 0 spiro atoms. The normalized spacial score (nSPS) is 12.0. The number of benzene rings is 2. The molecule has 0 heterocycles. The lowest BCUT2D eigenvalue weighted by molar-refractivity contribution is -0.118. The molecule has 2 aromatic rings. The monoisotopic (exact) mass is 420 g/mol. The van der Waals surface area contributed by atoms with Gasteiger partial charge in [-0.3, -0.25) is 9.59 Å². The highest BCUT2D eigenvalue weighted by molar-refractivity contribution is 7.90. The largest absolute Gasteiger partial charge is 0.497 e. The van der Waals surface area contributed by atoms with Gasteiger partial charge in [0.15, 0.2) is 0 Å². The summed E-state index contributed by atoms with van der Waals surface area (Å²) in [6.07, 6.45) is 1.01. The van der Waals surface area contributed by atoms with Gasteiger partial charge in [0.1, 0.15) is 27.4 Å². The fraction of sp³-hybridized carbons (Fsp3) is 0.300. The quantitative estimate of drug-likeness (QED) is 0.641. The van der Waals surface area contributed by atoms with Gasteiger partial charge >= 0.3 is 0 Å². The minimum absolute atomic E-state index is 0.0677. The minimum Gasteiger partial charge on any atom is -0.497 e. The van der Waals surface area contributed by atoms with Crippen molar-refractivity contribution in [3.05, 3.63) is 54.1 Å². The zero-order chi connectivity index (χ0) is 21.4. The molecule has 2 rings (SSSR count). The maximum absolute atomic E-state index is 12.7. The van der Waals surface area contributed by atoms with Crippen molar-refractivity contribution < 1.29 is 27.5 Å². The number of amides is 2. The molecular weight excluding hydrogens is 396 g/mol. The number of rotatable bonds is 9. The summed E-state index contributed by atoms with van der Waals surface area (Å²) in [6, 6.07) is 12.2. The Bertz CT molecular complexity index is 957. The third-order valence-corrected chi connectivity index (χ3v) is 5.09. The Labute approximate surface area is 170 Å². The van der Waals surface area contributed by atoms with E-state index in [9.17, 15) is 18.0 Å². The van der Waals surface area contributed by atoms with E-state index >= 15 is 0 Å². The summed E-state index contributed by atoms with van der Waals surface area (Å²) in [6.45, 7) is 0. The van der Waals surface area contributed by atoms with Crippen LogP contribution in [-0.2, 0) is 14.6 Å². The number of carbonyl (C=O) groups is 2. The smallest absolute Gasteiger partial charge is 0.255 e. The SMILES string of the molecule is COc1ccc(NC(=O)[C@@H](CCS(C)(=O)=O)NC(=O)c2ccccc2OC)cc1. The van der Waals surface area contributed by atoms with Crippen LogP contribution in [-0.4, -0.2) is 52.5 Å². The van der Waals surface area contributed by atoms with Crippen LogP contribution < -0.4 is 20.1 Å². The van der Waals surface area contributed by atoms with Crippen LogP contribution in [0.25, 0.3) is 0 Å². The van der Waals surface area contributed by atoms with Gasteiger partial charge in [-0.25, -0.2) is 8.42 Å². The average Bonchev–Trinajstić information content (AvgIpc) is 2.70. The van der Waals surface area contributed by atoms with Crippen LogP contribution in [0.3, 0.4) is 0 Å². The second-order valence-electron chi connectivity index (χ2n) is 6.36. The number of ether oxygens (including phenoxy) is 2. The number of carbonyl (C=O) groups excluding carboxylic acids is 2. The molecule has 8 nitrogen and oxygen atoms in total. The molecule has 9 heteroatoms. The van der Waals surface area contributed by atoms with Crippen molar-refractivity contribution in [1.29, 1.82) is 0 Å². The Morgan fingerprint density at radius 2 is 1.66 bits per heavy atom. The Kier molecular flexibility index (Phi) is 7.60. The van der Waals surface area contributed by atoms with Crippen LogP contribution in [0.2, 0.25) is 0 Å². The first-order valence-electron chi connectivity index (χ1n) is 8.80. The predicted octanol–water partition coefficient (Wildman–Crippen LogP) is 1.88. The molecule has 0 fully saturated rings. The van der Waals surface area contributed by atoms with Gasteiger partial charge in [0.25, 0.3) is 5.91 Å². The molecule has 2 aromatic carbocycles. The first-order chi connectivity index (χ1) is 13.7. The summed E-state index contributed by atoms with van der Waals surface area (Å²) in [5.41, 5.74) is 0.739. The predicted molar refractivity (Wildman–Crippen MR) is 110 cm³/mol. The zero-order valence-corrected chi connectivity index (χ0v) is 17.3. The standard InChI is InChI=1S/C20H24N2O6S/c1-27-15-10-8-14(9-11-15)21-20(24)17(12-13-29(3,25)26)22-19(23)16-6-4-5-7-18(16)28-2/h4-11,17H,12-13H2,1-3H3,(H,21,24)(H,22,23)/t17-/m1/s1. The van der Waals surface area contributed by atoms with E-state index in [-0.39, 0.29) is 17.7 Å². The van der Waals surface area contributed by atoms with Gasteiger partial charge in [0.05, 0.1) is 25.5 Å². The lowest BCUT2D eigenvalue weighted by Gasteiger charge is -2.19. The van der Waals surface area contributed by atoms with Crippen molar-refractivity contribution in [3.8, 4) is 11.5 Å². The number of hydrogen-bond donors (Lipinski definition) is 2. The molecule has 0 bridgehead atoms. The second kappa shape index (κ2) is 9.92. The van der Waals surface area contributed by atoms with Gasteiger partial charge in [-0.2, -0.15) is 0 Å². The molecule has 29 heavy (non-hydrogen) atoms. The lowest BCUT2D eigenvalue weighted by Crippen LogP contribution is -2.44. The highest BCUT2D eigenvalue weighted by Gasteiger charge is 2.24. The average molecular weight is 420 g/mol. The number of hydrogen-bond acceptors (Lipinski definition) is 6. The Balaban J connectivity index is 2.18. The summed E-state index contributed by atoms with van der Waals surface area (Å²) in [5.74, 6) is -0.337. The maximum atomic E-state index is 12.7. The third kappa shape index (κ3) is 6.79. The maximum Gasteiger partial charge on any atom is 0.255 e. The van der Waals surface area contributed by atoms with Gasteiger partial charge in [0, 0.05) is 11.9 Å². The molecule has 2 N–H and O–H groups in total. The molecule has 0 aromatic heterocycles. The molecule has 2 amide bonds. The molecule has 0 aliphatic rings. The van der Waals surface area contributed by atoms with Crippen LogP contribution in [0.5, 0.6) is 11.5 Å². The molecule has 0 radical (unpaired) electrons. The van der Waals surface area contributed by atoms with E-state index in [0.29, 0.717) is 17.2 Å². The second-order valence-corrected chi connectivity index (χ2v) is 8.62. The number of nitrogens with one attached hydrogen (secondary N) is 2. The van der Waals surface area contributed by atoms with Crippen molar-refractivity contribution in [1.82, 2.24) is 5.32 Å². The molecule has 156 valence electrons. The number of anilines is 1. The number of methoxy groups -OCH3 is 2. The van der Waals surface area contributed by atoms with Crippen molar-refractivity contribution in [2.45, 2.75) is 12.5 Å². The van der Waals surface area contributed by atoms with Crippen molar-refractivity contribution >= 4 is 27.3 Å². The van der Waals surface area contributed by atoms with E-state index in [1.165, 1.54) is 14.2 Å². The van der Waals surface area contributed by atoms with Gasteiger partial charge in [-0.1, -0.05) is 12.1 Å². The van der Waals surface area contributed by atoms with Gasteiger partial charge in [0.2, 0.25) is 5.91 Å². The highest BCUT2D eigenvalue weighted by Crippen LogP contribution is 2.18. The summed E-state index contributed by atoms with van der Waals surface area (Å²) in [5, 5.41) is 5.28. The summed E-state index contributed by atoms with van der Waals surface area (Å²) >= 11 is 0. The van der Waals surface area contributed by atoms with Crippen molar-refractivity contribution in [2.24, 2.45) is 0 Å². The Morgan fingerprint density at radius 1 is 1.00 bits per heavy atom. The van der Waals surface area contributed by atoms with Gasteiger partial charge in [-0.05, 0) is 42.8 Å². The number of para-hydroxylation sites is 1. The first kappa shape index (κ1) is 22.2. The molecular formula is C20H24N2O6S. The van der Waals surface area contributed by atoms with E-state index in [0.717, 1.165) is 6.26 Å². The van der Waals surface area contributed by atoms with E-state index in [2.05, 4.69) is 10.6 Å². The summed E-state index contributed by atoms with van der Waals surface area (Å²) < 4.78 is 33.4. The molecule has 0 saturated heterocycles. The van der Waals surface area contributed by atoms with E-state index in [4.69, 9.17) is 9.47 Å². The molecule has 0 aliphatic heterocycles. The highest BCUT2D eigenvalue weighted by atomic mass is 32.2. The molecule has 0 saturated carbocycles. The Morgan fingerprint density at radius 3 is 2.24 bits per heavy atom. The number of sulfone groups is 1. The zero-order valence-electron chi connectivity index (χ0n) is 16.5. The lowest BCUT2D eigenvalue weighted by atomic mass is 10.1. The fourth-order valence-electron chi connectivity index (χ4n) is 2.57. The van der Waals surface area contributed by atoms with Crippen LogP contribution in [0, 0.1) is 0 Å². The van der Waals surface area contributed by atoms with E-state index in [1.807, 2.05) is 0 Å². The minimum atomic E-state index is -3.32. The van der Waals surface area contributed by atoms with Gasteiger partial charge in [-0.15, -0.1) is 0 Å². The summed E-state index contributed by atoms with van der Waals surface area (Å²) in [4.78, 5) is 25.4. The molecule has 0 unspecified atom stereocenters. The molecule has 1 atom stereocenters. The van der Waals surface area contributed by atoms with Crippen LogP contribution >= 0.6 is 0 Å². The van der Waals surface area contributed by atoms with Crippen molar-refractivity contribution in [3.63, 3.8) is 0 Å². The molecule has 0 aliphatic carbocycles. The van der Waals surface area contributed by atoms with Gasteiger partial charge < -0.3 is 20.1 Å². The van der Waals surface area contributed by atoms with E-state index < -0.39 is 27.7 Å². The topological polar surface area (TPSA) is 111 Å². The van der Waals surface area contributed by atoms with Crippen molar-refractivity contribution in [2.75, 3.05) is 31.5 Å². The summed E-state index contributed by atoms with van der Waals surface area (Å²) in [7, 11) is -0.356. The third-order valence-electron chi connectivity index (χ3n) is 4.11. The Hall–Kier alpha value is -3.07. The fourth-order valence-corrected chi connectivity index (χ4v) is 3.24. The van der Waals surface area contributed by atoms with Crippen LogP contribution in [0.4, 0.5) is 5.69 Å².